The zero-order valence-electron chi connectivity index (χ0n) is 17.9. The number of anilines is 1. The lowest BCUT2D eigenvalue weighted by Gasteiger charge is -2.29. The number of hydrogen-bond acceptors (Lipinski definition) is 4. The highest BCUT2D eigenvalue weighted by molar-refractivity contribution is 7.92. The summed E-state index contributed by atoms with van der Waals surface area (Å²) in [4.78, 5) is 12.7. The van der Waals surface area contributed by atoms with Crippen LogP contribution in [0, 0.1) is 20.8 Å². The lowest BCUT2D eigenvalue weighted by Crippen LogP contribution is -2.50. The number of nitrogens with zero attached hydrogens (tertiary/aromatic N) is 1. The summed E-state index contributed by atoms with van der Waals surface area (Å²) in [7, 11) is -3.65. The molecule has 1 N–H and O–H groups in total. The topological polar surface area (TPSA) is 75.7 Å². The van der Waals surface area contributed by atoms with Crippen molar-refractivity contribution in [1.82, 2.24) is 5.32 Å². The molecule has 0 aliphatic carbocycles. The highest BCUT2D eigenvalue weighted by atomic mass is 32.2. The van der Waals surface area contributed by atoms with Gasteiger partial charge in [-0.2, -0.15) is 0 Å². The molecule has 0 bridgehead atoms. The molecular weight excluding hydrogens is 388 g/mol. The van der Waals surface area contributed by atoms with E-state index in [-0.39, 0.29) is 18.6 Å². The molecule has 1 amide bonds. The Kier molecular flexibility index (Phi) is 7.30. The van der Waals surface area contributed by atoms with Gasteiger partial charge in [0.15, 0.2) is 0 Å². The Labute approximate surface area is 173 Å². The van der Waals surface area contributed by atoms with E-state index in [1.54, 1.807) is 19.1 Å². The van der Waals surface area contributed by atoms with Crippen molar-refractivity contribution in [3.8, 4) is 5.75 Å². The Hall–Kier alpha value is -2.54. The highest BCUT2D eigenvalue weighted by Gasteiger charge is 2.30. The molecule has 0 aromatic heterocycles. The van der Waals surface area contributed by atoms with Crippen LogP contribution < -0.4 is 14.4 Å². The Morgan fingerprint density at radius 1 is 1.03 bits per heavy atom. The monoisotopic (exact) mass is 418 g/mol. The van der Waals surface area contributed by atoms with Gasteiger partial charge in [0.25, 0.3) is 0 Å². The van der Waals surface area contributed by atoms with Crippen LogP contribution in [0.15, 0.2) is 42.5 Å². The fourth-order valence-electron chi connectivity index (χ4n) is 2.93. The van der Waals surface area contributed by atoms with Crippen LogP contribution in [0.4, 0.5) is 5.69 Å². The quantitative estimate of drug-likeness (QED) is 0.713. The number of hydrogen-bond donors (Lipinski definition) is 1. The summed E-state index contributed by atoms with van der Waals surface area (Å²) in [5.74, 6) is 0.339. The average Bonchev–Trinajstić information content (AvgIpc) is 2.63. The highest BCUT2D eigenvalue weighted by Crippen LogP contribution is 2.23. The van der Waals surface area contributed by atoms with E-state index in [9.17, 15) is 13.2 Å². The molecule has 2 aromatic carbocycles. The Morgan fingerprint density at radius 3 is 2.21 bits per heavy atom. The van der Waals surface area contributed by atoms with Gasteiger partial charge in [0, 0.05) is 0 Å². The molecule has 0 aliphatic heterocycles. The lowest BCUT2D eigenvalue weighted by atomic mass is 10.1. The number of carbonyl (C=O) groups excluding carboxylic acids is 1. The summed E-state index contributed by atoms with van der Waals surface area (Å²) in [5, 5.41) is 2.84. The van der Waals surface area contributed by atoms with Crippen LogP contribution in [0.2, 0.25) is 0 Å². The summed E-state index contributed by atoms with van der Waals surface area (Å²) in [6.07, 6.45) is 1.11. The first-order valence-electron chi connectivity index (χ1n) is 9.55. The SMILES string of the molecule is Cc1ccc(OC[C@@H](C)NC(=O)[C@H](C)N(c2ccc(C)c(C)c2)S(C)(=O)=O)cc1. The first-order valence-corrected chi connectivity index (χ1v) is 11.4. The van der Waals surface area contributed by atoms with Crippen molar-refractivity contribution in [1.29, 1.82) is 0 Å². The third-order valence-corrected chi connectivity index (χ3v) is 5.98. The first kappa shape index (κ1) is 22.7. The van der Waals surface area contributed by atoms with Crippen molar-refractivity contribution >= 4 is 21.6 Å². The molecule has 0 spiro atoms. The minimum absolute atomic E-state index is 0.282. The van der Waals surface area contributed by atoms with Gasteiger partial charge >= 0.3 is 0 Å². The summed E-state index contributed by atoms with van der Waals surface area (Å²) >= 11 is 0. The fraction of sp³-hybridized carbons (Fsp3) is 0.409. The van der Waals surface area contributed by atoms with Gasteiger partial charge < -0.3 is 10.1 Å². The van der Waals surface area contributed by atoms with Gasteiger partial charge in [0.05, 0.1) is 18.0 Å². The number of amides is 1. The van der Waals surface area contributed by atoms with Crippen LogP contribution in [0.3, 0.4) is 0 Å². The van der Waals surface area contributed by atoms with E-state index in [0.717, 1.165) is 33.0 Å². The lowest BCUT2D eigenvalue weighted by molar-refractivity contribution is -0.122. The molecule has 0 unspecified atom stereocenters. The fourth-order valence-corrected chi connectivity index (χ4v) is 4.10. The van der Waals surface area contributed by atoms with Crippen LogP contribution in [0.1, 0.15) is 30.5 Å². The zero-order valence-corrected chi connectivity index (χ0v) is 18.7. The van der Waals surface area contributed by atoms with Gasteiger partial charge in [-0.15, -0.1) is 0 Å². The maximum absolute atomic E-state index is 12.7. The van der Waals surface area contributed by atoms with Gasteiger partial charge in [-0.3, -0.25) is 9.10 Å². The second-order valence-corrected chi connectivity index (χ2v) is 9.40. The molecule has 0 saturated heterocycles. The molecule has 7 heteroatoms. The molecule has 6 nitrogen and oxygen atoms in total. The number of nitrogens with one attached hydrogen (secondary N) is 1. The van der Waals surface area contributed by atoms with Gasteiger partial charge in [-0.05, 0) is 70.0 Å². The number of carbonyl (C=O) groups is 1. The van der Waals surface area contributed by atoms with Gasteiger partial charge in [0.2, 0.25) is 15.9 Å². The summed E-state index contributed by atoms with van der Waals surface area (Å²) in [5.41, 5.74) is 3.63. The third-order valence-electron chi connectivity index (χ3n) is 4.74. The van der Waals surface area contributed by atoms with Crippen molar-refractivity contribution < 1.29 is 17.9 Å². The zero-order chi connectivity index (χ0) is 21.8. The maximum Gasteiger partial charge on any atom is 0.243 e. The molecule has 0 heterocycles. The van der Waals surface area contributed by atoms with Crippen LogP contribution in [0.25, 0.3) is 0 Å². The molecule has 29 heavy (non-hydrogen) atoms. The average molecular weight is 419 g/mol. The minimum atomic E-state index is -3.65. The third kappa shape index (κ3) is 6.22. The van der Waals surface area contributed by atoms with E-state index in [1.807, 2.05) is 58.0 Å². The van der Waals surface area contributed by atoms with Crippen LogP contribution >= 0.6 is 0 Å². The van der Waals surface area contributed by atoms with E-state index in [2.05, 4.69) is 5.32 Å². The molecule has 0 radical (unpaired) electrons. The van der Waals surface area contributed by atoms with E-state index in [0.29, 0.717) is 5.69 Å². The number of benzene rings is 2. The smallest absolute Gasteiger partial charge is 0.243 e. The number of aryl methyl sites for hydroxylation is 3. The largest absolute Gasteiger partial charge is 0.491 e. The Balaban J connectivity index is 2.08. The van der Waals surface area contributed by atoms with Crippen molar-refractivity contribution in [2.45, 2.75) is 46.7 Å². The van der Waals surface area contributed by atoms with Crippen molar-refractivity contribution in [2.24, 2.45) is 0 Å². The minimum Gasteiger partial charge on any atom is -0.491 e. The van der Waals surface area contributed by atoms with Gasteiger partial charge in [0.1, 0.15) is 18.4 Å². The van der Waals surface area contributed by atoms with Crippen LogP contribution in [0.5, 0.6) is 5.75 Å². The molecular formula is C22H30N2O4S. The molecule has 2 atom stereocenters. The number of rotatable bonds is 8. The summed E-state index contributed by atoms with van der Waals surface area (Å²) < 4.78 is 31.7. The molecule has 2 aromatic rings. The van der Waals surface area contributed by atoms with E-state index in [4.69, 9.17) is 4.74 Å². The Morgan fingerprint density at radius 2 is 1.66 bits per heavy atom. The van der Waals surface area contributed by atoms with E-state index in [1.165, 1.54) is 0 Å². The predicted molar refractivity (Wildman–Crippen MR) is 117 cm³/mol. The summed E-state index contributed by atoms with van der Waals surface area (Å²) in [6.45, 7) is 9.55. The predicted octanol–water partition coefficient (Wildman–Crippen LogP) is 3.35. The van der Waals surface area contributed by atoms with Gasteiger partial charge in [-0.1, -0.05) is 23.8 Å². The molecule has 0 aliphatic rings. The molecule has 0 fully saturated rings. The second-order valence-electron chi connectivity index (χ2n) is 7.54. The second kappa shape index (κ2) is 9.31. The van der Waals surface area contributed by atoms with Crippen LogP contribution in [-0.4, -0.2) is 39.3 Å². The number of ether oxygens (including phenoxy) is 1. The van der Waals surface area contributed by atoms with Crippen molar-refractivity contribution in [2.75, 3.05) is 17.2 Å². The molecule has 158 valence electrons. The maximum atomic E-state index is 12.7. The van der Waals surface area contributed by atoms with Crippen LogP contribution in [-0.2, 0) is 14.8 Å². The molecule has 2 rings (SSSR count). The van der Waals surface area contributed by atoms with E-state index < -0.39 is 16.1 Å². The normalized spacial score (nSPS) is 13.4. The van der Waals surface area contributed by atoms with Crippen molar-refractivity contribution in [3.05, 3.63) is 59.2 Å². The first-order chi connectivity index (χ1) is 13.5. The Bertz CT molecular complexity index is 955. The standard InChI is InChI=1S/C22H30N2O4S/c1-15-7-11-21(12-8-15)28-14-18(4)23-22(25)19(5)24(29(6,26)27)20-10-9-16(2)17(3)13-20/h7-13,18-19H,14H2,1-6H3,(H,23,25)/t18-,19+/m1/s1. The van der Waals surface area contributed by atoms with E-state index >= 15 is 0 Å². The summed E-state index contributed by atoms with van der Waals surface area (Å²) in [6, 6.07) is 11.8. The van der Waals surface area contributed by atoms with Crippen molar-refractivity contribution in [3.63, 3.8) is 0 Å². The molecule has 0 saturated carbocycles. The van der Waals surface area contributed by atoms with Gasteiger partial charge in [-0.25, -0.2) is 8.42 Å². The number of sulfonamides is 1.